The van der Waals surface area contributed by atoms with E-state index in [-0.39, 0.29) is 18.4 Å². The summed E-state index contributed by atoms with van der Waals surface area (Å²) < 4.78 is 11.6. The van der Waals surface area contributed by atoms with Gasteiger partial charge in [0.25, 0.3) is 0 Å². The molecule has 10 nitrogen and oxygen atoms in total. The first kappa shape index (κ1) is 19.5. The summed E-state index contributed by atoms with van der Waals surface area (Å²) in [6.45, 7) is 0.512. The lowest BCUT2D eigenvalue weighted by molar-refractivity contribution is -0.157. The van der Waals surface area contributed by atoms with Crippen molar-refractivity contribution in [1.82, 2.24) is 9.55 Å². The van der Waals surface area contributed by atoms with Crippen LogP contribution in [0.5, 0.6) is 0 Å². The van der Waals surface area contributed by atoms with Crippen molar-refractivity contribution in [3.63, 3.8) is 0 Å². The fraction of sp³-hybridized carbons (Fsp3) is 0.667. The SMILES string of the molecule is CCC(=O)OC(c1cnc(=O)n([C@H]2C[C@H](O)[C@@H](CO)O2)c1)C(O)CO. The van der Waals surface area contributed by atoms with E-state index < -0.39 is 55.5 Å². The van der Waals surface area contributed by atoms with Crippen LogP contribution in [0.25, 0.3) is 0 Å². The summed E-state index contributed by atoms with van der Waals surface area (Å²) in [6, 6.07) is 0. The van der Waals surface area contributed by atoms with E-state index >= 15 is 0 Å². The van der Waals surface area contributed by atoms with E-state index in [0.717, 1.165) is 10.8 Å². The average Bonchev–Trinajstić information content (AvgIpc) is 2.99. The fourth-order valence-electron chi connectivity index (χ4n) is 2.54. The molecule has 1 saturated heterocycles. The highest BCUT2D eigenvalue weighted by Crippen LogP contribution is 2.28. The molecule has 4 N–H and O–H groups in total. The zero-order valence-electron chi connectivity index (χ0n) is 13.7. The molecule has 0 bridgehead atoms. The standard InChI is InChI=1S/C15H22N2O8/c1-2-13(22)25-14(10(21)6-18)8-4-16-15(23)17(5-8)12-3-9(20)11(7-19)24-12/h4-5,9-12,14,18-21H,2-3,6-7H2,1H3/t9-,10?,11+,12+,14?/m0/s1. The van der Waals surface area contributed by atoms with Crippen molar-refractivity contribution >= 4 is 5.97 Å². The lowest BCUT2D eigenvalue weighted by Crippen LogP contribution is -2.31. The van der Waals surface area contributed by atoms with Crippen molar-refractivity contribution in [1.29, 1.82) is 0 Å². The van der Waals surface area contributed by atoms with Gasteiger partial charge in [-0.25, -0.2) is 9.78 Å². The van der Waals surface area contributed by atoms with Crippen LogP contribution in [0.2, 0.25) is 0 Å². The monoisotopic (exact) mass is 358 g/mol. The zero-order chi connectivity index (χ0) is 18.6. The molecule has 1 aromatic rings. The number of nitrogens with zero attached hydrogens (tertiary/aromatic N) is 2. The second-order valence-electron chi connectivity index (χ2n) is 5.71. The van der Waals surface area contributed by atoms with Gasteiger partial charge in [-0.15, -0.1) is 0 Å². The Morgan fingerprint density at radius 1 is 1.52 bits per heavy atom. The summed E-state index contributed by atoms with van der Waals surface area (Å²) in [6.07, 6.45) is -2.67. The first-order valence-electron chi connectivity index (χ1n) is 7.92. The molecule has 10 heteroatoms. The molecule has 0 spiro atoms. The van der Waals surface area contributed by atoms with Crippen LogP contribution in [0.4, 0.5) is 0 Å². The number of carbonyl (C=O) groups excluding carboxylic acids is 1. The highest BCUT2D eigenvalue weighted by Gasteiger charge is 2.35. The summed E-state index contributed by atoms with van der Waals surface area (Å²) in [5.74, 6) is -0.594. The Hall–Kier alpha value is -1.85. The number of aliphatic hydroxyl groups excluding tert-OH is 4. The second kappa shape index (κ2) is 8.50. The Bertz CT molecular complexity index is 649. The number of hydrogen-bond donors (Lipinski definition) is 4. The van der Waals surface area contributed by atoms with Gasteiger partial charge in [-0.3, -0.25) is 9.36 Å². The molecular weight excluding hydrogens is 336 g/mol. The molecule has 0 radical (unpaired) electrons. The van der Waals surface area contributed by atoms with E-state index in [1.54, 1.807) is 6.92 Å². The number of hydrogen-bond acceptors (Lipinski definition) is 9. The number of ether oxygens (including phenoxy) is 2. The maximum absolute atomic E-state index is 12.0. The van der Waals surface area contributed by atoms with Crippen LogP contribution in [0.3, 0.4) is 0 Å². The molecule has 0 aromatic carbocycles. The van der Waals surface area contributed by atoms with Gasteiger partial charge in [0, 0.05) is 30.8 Å². The molecule has 0 saturated carbocycles. The molecule has 25 heavy (non-hydrogen) atoms. The van der Waals surface area contributed by atoms with Crippen LogP contribution >= 0.6 is 0 Å². The first-order valence-corrected chi connectivity index (χ1v) is 7.92. The summed E-state index contributed by atoms with van der Waals surface area (Å²) >= 11 is 0. The van der Waals surface area contributed by atoms with E-state index in [4.69, 9.17) is 14.6 Å². The predicted molar refractivity (Wildman–Crippen MR) is 82.3 cm³/mol. The third-order valence-electron chi connectivity index (χ3n) is 3.94. The third-order valence-corrected chi connectivity index (χ3v) is 3.94. The molecule has 2 unspecified atom stereocenters. The Morgan fingerprint density at radius 3 is 2.80 bits per heavy atom. The Morgan fingerprint density at radius 2 is 2.24 bits per heavy atom. The van der Waals surface area contributed by atoms with Gasteiger partial charge in [0.05, 0.1) is 19.3 Å². The topological polar surface area (TPSA) is 151 Å². The Labute approximate surface area is 143 Å². The second-order valence-corrected chi connectivity index (χ2v) is 5.71. The van der Waals surface area contributed by atoms with Gasteiger partial charge in [-0.05, 0) is 0 Å². The van der Waals surface area contributed by atoms with Gasteiger partial charge in [0.1, 0.15) is 18.4 Å². The number of carbonyl (C=O) groups is 1. The summed E-state index contributed by atoms with van der Waals surface area (Å²) in [4.78, 5) is 27.2. The zero-order valence-corrected chi connectivity index (χ0v) is 13.7. The van der Waals surface area contributed by atoms with Crippen molar-refractivity contribution in [3.05, 3.63) is 28.4 Å². The highest BCUT2D eigenvalue weighted by atomic mass is 16.6. The molecule has 5 atom stereocenters. The molecule has 1 aromatic heterocycles. The van der Waals surface area contributed by atoms with Crippen LogP contribution in [0, 0.1) is 0 Å². The van der Waals surface area contributed by atoms with Gasteiger partial charge >= 0.3 is 11.7 Å². The highest BCUT2D eigenvalue weighted by molar-refractivity contribution is 5.69. The van der Waals surface area contributed by atoms with Crippen molar-refractivity contribution < 1.29 is 34.7 Å². The average molecular weight is 358 g/mol. The number of aromatic nitrogens is 2. The first-order chi connectivity index (χ1) is 11.9. The molecule has 0 aliphatic carbocycles. The maximum Gasteiger partial charge on any atom is 0.349 e. The Kier molecular flexibility index (Phi) is 6.62. The molecule has 1 fully saturated rings. The number of rotatable bonds is 7. The molecule has 2 rings (SSSR count). The lowest BCUT2D eigenvalue weighted by atomic mass is 10.1. The van der Waals surface area contributed by atoms with Crippen LogP contribution in [-0.4, -0.2) is 67.5 Å². The lowest BCUT2D eigenvalue weighted by Gasteiger charge is -2.23. The smallest absolute Gasteiger partial charge is 0.349 e. The summed E-state index contributed by atoms with van der Waals surface area (Å²) in [7, 11) is 0. The molecule has 140 valence electrons. The van der Waals surface area contributed by atoms with Gasteiger partial charge < -0.3 is 29.9 Å². The molecule has 2 heterocycles. The van der Waals surface area contributed by atoms with Crippen LogP contribution < -0.4 is 5.69 Å². The maximum atomic E-state index is 12.0. The normalized spacial score (nSPS) is 25.6. The molecule has 0 amide bonds. The third kappa shape index (κ3) is 4.41. The van der Waals surface area contributed by atoms with Crippen LogP contribution in [0.15, 0.2) is 17.2 Å². The van der Waals surface area contributed by atoms with Gasteiger partial charge in [0.15, 0.2) is 6.10 Å². The van der Waals surface area contributed by atoms with Crippen molar-refractivity contribution in [3.8, 4) is 0 Å². The predicted octanol–water partition coefficient (Wildman–Crippen LogP) is -1.77. The minimum absolute atomic E-state index is 0.0673. The van der Waals surface area contributed by atoms with E-state index in [9.17, 15) is 24.9 Å². The van der Waals surface area contributed by atoms with Gasteiger partial charge in [-0.1, -0.05) is 6.92 Å². The van der Waals surface area contributed by atoms with Gasteiger partial charge in [0.2, 0.25) is 0 Å². The van der Waals surface area contributed by atoms with Crippen molar-refractivity contribution in [2.75, 3.05) is 13.2 Å². The van der Waals surface area contributed by atoms with Crippen LogP contribution in [-0.2, 0) is 14.3 Å². The van der Waals surface area contributed by atoms with E-state index in [1.807, 2.05) is 0 Å². The summed E-state index contributed by atoms with van der Waals surface area (Å²) in [5.41, 5.74) is -0.480. The molecule has 1 aliphatic rings. The molecular formula is C15H22N2O8. The van der Waals surface area contributed by atoms with Crippen molar-refractivity contribution in [2.24, 2.45) is 0 Å². The van der Waals surface area contributed by atoms with E-state index in [0.29, 0.717) is 0 Å². The summed E-state index contributed by atoms with van der Waals surface area (Å²) in [5, 5.41) is 38.0. The Balaban J connectivity index is 2.32. The van der Waals surface area contributed by atoms with E-state index in [1.165, 1.54) is 6.20 Å². The molecule has 1 aliphatic heterocycles. The fourth-order valence-corrected chi connectivity index (χ4v) is 2.54. The van der Waals surface area contributed by atoms with Gasteiger partial charge in [-0.2, -0.15) is 0 Å². The minimum atomic E-state index is -1.40. The quantitative estimate of drug-likeness (QED) is 0.415. The van der Waals surface area contributed by atoms with Crippen molar-refractivity contribution in [2.45, 2.75) is 50.4 Å². The largest absolute Gasteiger partial charge is 0.454 e. The van der Waals surface area contributed by atoms with E-state index in [2.05, 4.69) is 4.98 Å². The van der Waals surface area contributed by atoms with Crippen LogP contribution in [0.1, 0.15) is 37.7 Å². The number of aliphatic hydroxyl groups is 4. The number of esters is 1. The minimum Gasteiger partial charge on any atom is -0.454 e.